The summed E-state index contributed by atoms with van der Waals surface area (Å²) in [5.74, 6) is 2.18. The topological polar surface area (TPSA) is 107 Å². The smallest absolute Gasteiger partial charge is 0.407 e. The van der Waals surface area contributed by atoms with Crippen molar-refractivity contribution in [2.45, 2.75) is 77.4 Å². The number of aromatic nitrogens is 1. The van der Waals surface area contributed by atoms with Crippen LogP contribution in [0.25, 0.3) is 10.9 Å². The van der Waals surface area contributed by atoms with Crippen LogP contribution >= 0.6 is 0 Å². The van der Waals surface area contributed by atoms with Crippen LogP contribution in [0.5, 0.6) is 0 Å². The minimum Gasteiger partial charge on any atom is -0.444 e. The van der Waals surface area contributed by atoms with E-state index in [0.29, 0.717) is 43.0 Å². The van der Waals surface area contributed by atoms with Crippen molar-refractivity contribution in [2.24, 2.45) is 17.8 Å². The van der Waals surface area contributed by atoms with E-state index in [2.05, 4.69) is 15.5 Å². The lowest BCUT2D eigenvalue weighted by atomic mass is 9.82. The molecule has 1 saturated heterocycles. The fourth-order valence-electron chi connectivity index (χ4n) is 6.30. The number of nitrogens with one attached hydrogen (secondary N) is 2. The molecular formula is C33H51N5O4. The molecule has 1 aliphatic carbocycles. The number of rotatable bonds is 10. The molecule has 3 N–H and O–H groups in total. The maximum Gasteiger partial charge on any atom is 0.407 e. The number of hydrogen-bond acceptors (Lipinski definition) is 7. The highest BCUT2D eigenvalue weighted by Gasteiger charge is 2.26. The van der Waals surface area contributed by atoms with Gasteiger partial charge in [0.15, 0.2) is 0 Å². The second kappa shape index (κ2) is 14.5. The van der Waals surface area contributed by atoms with E-state index in [-0.39, 0.29) is 18.1 Å². The van der Waals surface area contributed by atoms with Gasteiger partial charge in [-0.05, 0) is 110 Å². The second-order valence-corrected chi connectivity index (χ2v) is 13.6. The Labute approximate surface area is 251 Å². The maximum atomic E-state index is 13.5. The first-order valence-electron chi connectivity index (χ1n) is 15.7. The molecule has 2 amide bonds. The summed E-state index contributed by atoms with van der Waals surface area (Å²) in [6.45, 7) is 9.32. The number of fused-ring (bicyclic) bond motifs is 1. The van der Waals surface area contributed by atoms with E-state index in [9.17, 15) is 14.7 Å². The Kier molecular flexibility index (Phi) is 11.1. The van der Waals surface area contributed by atoms with Crippen molar-refractivity contribution in [2.75, 3.05) is 51.7 Å². The molecule has 42 heavy (non-hydrogen) atoms. The van der Waals surface area contributed by atoms with E-state index in [1.165, 1.54) is 0 Å². The van der Waals surface area contributed by atoms with Crippen molar-refractivity contribution in [3.05, 3.63) is 35.9 Å². The van der Waals surface area contributed by atoms with Gasteiger partial charge < -0.3 is 30.3 Å². The Morgan fingerprint density at radius 3 is 2.24 bits per heavy atom. The molecule has 2 aromatic rings. The van der Waals surface area contributed by atoms with Gasteiger partial charge in [0.25, 0.3) is 5.91 Å². The van der Waals surface area contributed by atoms with Gasteiger partial charge >= 0.3 is 6.09 Å². The van der Waals surface area contributed by atoms with Crippen LogP contribution < -0.4 is 15.5 Å². The van der Waals surface area contributed by atoms with Crippen LogP contribution in [-0.4, -0.2) is 85.5 Å². The number of aliphatic hydroxyl groups excluding tert-OH is 1. The monoisotopic (exact) mass is 581 g/mol. The Balaban J connectivity index is 1.30. The molecule has 1 saturated carbocycles. The number of carbonyl (C=O) groups excluding carboxylic acids is 2. The van der Waals surface area contributed by atoms with Crippen LogP contribution in [-0.2, 0) is 4.74 Å². The van der Waals surface area contributed by atoms with Crippen LogP contribution in [0.4, 0.5) is 10.6 Å². The number of aliphatic hydroxyl groups is 1. The fourth-order valence-corrected chi connectivity index (χ4v) is 6.30. The van der Waals surface area contributed by atoms with Crippen LogP contribution in [0.1, 0.15) is 76.1 Å². The van der Waals surface area contributed by atoms with Crippen molar-refractivity contribution >= 4 is 28.7 Å². The third-order valence-electron chi connectivity index (χ3n) is 8.52. The van der Waals surface area contributed by atoms with E-state index >= 15 is 0 Å². The normalized spacial score (nSPS) is 20.9. The predicted octanol–water partition coefficient (Wildman–Crippen LogP) is 4.82. The van der Waals surface area contributed by atoms with Gasteiger partial charge in [-0.3, -0.25) is 4.79 Å². The summed E-state index contributed by atoms with van der Waals surface area (Å²) in [7, 11) is 3.98. The Morgan fingerprint density at radius 1 is 1.00 bits per heavy atom. The number of hydrogen-bond donors (Lipinski definition) is 3. The van der Waals surface area contributed by atoms with Crippen LogP contribution in [0, 0.1) is 17.8 Å². The molecular weight excluding hydrogens is 530 g/mol. The molecule has 0 bridgehead atoms. The zero-order valence-electron chi connectivity index (χ0n) is 26.2. The Morgan fingerprint density at radius 2 is 1.62 bits per heavy atom. The number of ether oxygens (including phenoxy) is 1. The minimum atomic E-state index is -0.492. The van der Waals surface area contributed by atoms with Crippen LogP contribution in [0.15, 0.2) is 30.3 Å². The van der Waals surface area contributed by atoms with E-state index in [1.54, 1.807) is 0 Å². The number of nitrogens with zero attached hydrogens (tertiary/aromatic N) is 3. The molecule has 232 valence electrons. The largest absolute Gasteiger partial charge is 0.444 e. The fraction of sp³-hybridized carbons (Fsp3) is 0.667. The number of pyridine rings is 1. The van der Waals surface area contributed by atoms with Crippen LogP contribution in [0.2, 0.25) is 0 Å². The molecule has 9 heteroatoms. The molecule has 1 aliphatic heterocycles. The molecule has 2 fully saturated rings. The van der Waals surface area contributed by atoms with E-state index < -0.39 is 5.60 Å². The second-order valence-electron chi connectivity index (χ2n) is 13.6. The third kappa shape index (κ3) is 9.56. The number of amides is 2. The standard InChI is InChI=1S/C33H51N5O4/c1-33(2,3)42-32(41)35-21-25-12-10-24(11-13-25)20-34-31(40)28-19-30(36-29-9-7-6-8-27(28)29)38-16-14-23(15-17-38)18-26(39)22-37(4)5/h6-9,19,23-26,39H,10-18,20-22H2,1-5H3,(H,34,40)(H,35,41)/t24-,25-,26?. The van der Waals surface area contributed by atoms with Gasteiger partial charge in [-0.2, -0.15) is 0 Å². The first kappa shape index (κ1) is 32.0. The number of alkyl carbamates (subject to hydrolysis) is 1. The molecule has 0 spiro atoms. The average molecular weight is 582 g/mol. The quantitative estimate of drug-likeness (QED) is 0.369. The van der Waals surface area contributed by atoms with Crippen molar-refractivity contribution < 1.29 is 19.4 Å². The third-order valence-corrected chi connectivity index (χ3v) is 8.52. The lowest BCUT2D eigenvalue weighted by Crippen LogP contribution is -2.37. The van der Waals surface area contributed by atoms with Gasteiger partial charge in [0.05, 0.1) is 17.2 Å². The number of carbonyl (C=O) groups is 2. The summed E-state index contributed by atoms with van der Waals surface area (Å²) < 4.78 is 5.35. The zero-order valence-corrected chi connectivity index (χ0v) is 26.2. The summed E-state index contributed by atoms with van der Waals surface area (Å²) in [5, 5.41) is 17.4. The predicted molar refractivity (Wildman–Crippen MR) is 168 cm³/mol. The number of likely N-dealkylation sites (N-methyl/N-ethyl adjacent to an activating group) is 1. The highest BCUT2D eigenvalue weighted by Crippen LogP contribution is 2.30. The summed E-state index contributed by atoms with van der Waals surface area (Å²) in [5.41, 5.74) is 1.02. The lowest BCUT2D eigenvalue weighted by molar-refractivity contribution is 0.0512. The van der Waals surface area contributed by atoms with Crippen molar-refractivity contribution in [1.82, 2.24) is 20.5 Å². The van der Waals surface area contributed by atoms with Crippen molar-refractivity contribution in [1.29, 1.82) is 0 Å². The number of piperidine rings is 1. The molecule has 1 atom stereocenters. The summed E-state index contributed by atoms with van der Waals surface area (Å²) in [4.78, 5) is 34.7. The first-order chi connectivity index (χ1) is 20.0. The number of para-hydroxylation sites is 1. The lowest BCUT2D eigenvalue weighted by Gasteiger charge is -2.34. The molecule has 2 heterocycles. The van der Waals surface area contributed by atoms with Gasteiger partial charge in [-0.25, -0.2) is 9.78 Å². The maximum absolute atomic E-state index is 13.5. The summed E-state index contributed by atoms with van der Waals surface area (Å²) in [6, 6.07) is 9.83. The highest BCUT2D eigenvalue weighted by molar-refractivity contribution is 6.07. The molecule has 1 aromatic heterocycles. The number of benzene rings is 1. The molecule has 0 radical (unpaired) electrons. The highest BCUT2D eigenvalue weighted by atomic mass is 16.6. The van der Waals surface area contributed by atoms with Crippen molar-refractivity contribution in [3.63, 3.8) is 0 Å². The molecule has 2 aliphatic rings. The van der Waals surface area contributed by atoms with Gasteiger partial charge in [-0.15, -0.1) is 0 Å². The van der Waals surface area contributed by atoms with Gasteiger partial charge in [0.2, 0.25) is 0 Å². The van der Waals surface area contributed by atoms with E-state index in [0.717, 1.165) is 74.8 Å². The average Bonchev–Trinajstić information content (AvgIpc) is 2.94. The van der Waals surface area contributed by atoms with E-state index in [4.69, 9.17) is 9.72 Å². The van der Waals surface area contributed by atoms with E-state index in [1.807, 2.05) is 70.1 Å². The first-order valence-corrected chi connectivity index (χ1v) is 15.7. The Hall–Kier alpha value is -2.91. The molecule has 9 nitrogen and oxygen atoms in total. The number of anilines is 1. The zero-order chi connectivity index (χ0) is 30.3. The van der Waals surface area contributed by atoms with Gasteiger partial charge in [0.1, 0.15) is 11.4 Å². The summed E-state index contributed by atoms with van der Waals surface area (Å²) >= 11 is 0. The van der Waals surface area contributed by atoms with Gasteiger partial charge in [0, 0.05) is 38.1 Å². The molecule has 1 aromatic carbocycles. The summed E-state index contributed by atoms with van der Waals surface area (Å²) in [6.07, 6.45) is 6.31. The molecule has 4 rings (SSSR count). The van der Waals surface area contributed by atoms with Crippen LogP contribution in [0.3, 0.4) is 0 Å². The van der Waals surface area contributed by atoms with Gasteiger partial charge in [-0.1, -0.05) is 18.2 Å². The molecule has 1 unspecified atom stereocenters. The minimum absolute atomic E-state index is 0.0507. The Bertz CT molecular complexity index is 1180. The SMILES string of the molecule is CN(C)CC(O)CC1CCN(c2cc(C(=O)NC[C@H]3CC[C@H](CNC(=O)OC(C)(C)C)CC3)c3ccccc3n2)CC1. The van der Waals surface area contributed by atoms with Crippen molar-refractivity contribution in [3.8, 4) is 0 Å².